The van der Waals surface area contributed by atoms with E-state index in [1.807, 2.05) is 30.3 Å². The van der Waals surface area contributed by atoms with Crippen molar-refractivity contribution >= 4 is 68.7 Å². The number of para-hydroxylation sites is 5. The zero-order chi connectivity index (χ0) is 28.3. The van der Waals surface area contributed by atoms with Crippen molar-refractivity contribution in [3.05, 3.63) is 140 Å². The van der Waals surface area contributed by atoms with Gasteiger partial charge in [-0.3, -0.25) is 0 Å². The molecule has 0 atom stereocenters. The third kappa shape index (κ3) is 3.89. The number of anilines is 6. The molecule has 7 aromatic rings. The lowest BCUT2D eigenvalue weighted by Crippen LogP contribution is -2.17. The molecule has 204 valence electrons. The Kier molecular flexibility index (Phi) is 5.61. The highest BCUT2D eigenvalue weighted by molar-refractivity contribution is 8.00. The molecule has 0 fully saturated rings. The van der Waals surface area contributed by atoms with Crippen LogP contribution in [0.1, 0.15) is 0 Å². The molecule has 0 spiro atoms. The van der Waals surface area contributed by atoms with Gasteiger partial charge in [0.15, 0.2) is 0 Å². The highest BCUT2D eigenvalue weighted by Gasteiger charge is 2.31. The summed E-state index contributed by atoms with van der Waals surface area (Å²) in [7, 11) is 0. The molecule has 5 nitrogen and oxygen atoms in total. The van der Waals surface area contributed by atoms with Gasteiger partial charge in [0, 0.05) is 19.6 Å². The second kappa shape index (κ2) is 9.80. The van der Waals surface area contributed by atoms with Gasteiger partial charge < -0.3 is 9.80 Å². The van der Waals surface area contributed by atoms with Gasteiger partial charge in [0.1, 0.15) is 11.0 Å². The summed E-state index contributed by atoms with van der Waals surface area (Å²) in [5.41, 5.74) is 9.14. The SMILES string of the molecule is c1ccc(-n2nc3c(N4c5ccccc5Sc5ccccc54)ccc(N4c5ccccc5Sc5ccccc54)c3n2)cc1. The Morgan fingerprint density at radius 3 is 1.09 bits per heavy atom. The number of hydrogen-bond acceptors (Lipinski definition) is 6. The zero-order valence-electron chi connectivity index (χ0n) is 22.8. The van der Waals surface area contributed by atoms with Gasteiger partial charge in [-0.15, -0.1) is 10.2 Å². The molecule has 0 saturated carbocycles. The standard InChI is InChI=1S/C36H23N5S2/c1-2-12-24(13-3-1)41-37-35-29(39-25-14-4-8-18-31(25)42-32-19-9-5-15-26(32)39)22-23-30(36(35)38-41)40-27-16-6-10-20-33(27)43-34-21-11-7-17-28(34)40/h1-23H. The molecule has 0 saturated heterocycles. The third-order valence-corrected chi connectivity index (χ3v) is 10.1. The van der Waals surface area contributed by atoms with E-state index in [0.29, 0.717) is 0 Å². The molecule has 2 aliphatic rings. The van der Waals surface area contributed by atoms with Crippen LogP contribution in [0.15, 0.2) is 159 Å². The Morgan fingerprint density at radius 1 is 0.349 bits per heavy atom. The number of nitrogens with zero attached hydrogens (tertiary/aromatic N) is 5. The van der Waals surface area contributed by atoms with Crippen LogP contribution < -0.4 is 9.80 Å². The fourth-order valence-electron chi connectivity index (χ4n) is 5.93. The van der Waals surface area contributed by atoms with Gasteiger partial charge in [0.2, 0.25) is 0 Å². The van der Waals surface area contributed by atoms with E-state index in [1.165, 1.54) is 19.6 Å². The molecule has 2 aliphatic heterocycles. The van der Waals surface area contributed by atoms with Crippen molar-refractivity contribution in [3.63, 3.8) is 0 Å². The van der Waals surface area contributed by atoms with Gasteiger partial charge in [-0.1, -0.05) is 90.3 Å². The number of aromatic nitrogens is 3. The van der Waals surface area contributed by atoms with E-state index in [9.17, 15) is 0 Å². The normalized spacial score (nSPS) is 13.3. The Hall–Kier alpha value is -4.98. The van der Waals surface area contributed by atoms with Crippen molar-refractivity contribution in [3.8, 4) is 5.69 Å². The van der Waals surface area contributed by atoms with Crippen LogP contribution >= 0.6 is 23.5 Å². The Balaban J connectivity index is 1.34. The topological polar surface area (TPSA) is 37.2 Å². The van der Waals surface area contributed by atoms with Gasteiger partial charge in [0.25, 0.3) is 0 Å². The lowest BCUT2D eigenvalue weighted by Gasteiger charge is -2.34. The minimum absolute atomic E-state index is 0.839. The van der Waals surface area contributed by atoms with Crippen molar-refractivity contribution < 1.29 is 0 Å². The summed E-state index contributed by atoms with van der Waals surface area (Å²) >= 11 is 3.61. The van der Waals surface area contributed by atoms with E-state index in [1.54, 1.807) is 28.3 Å². The van der Waals surface area contributed by atoms with E-state index in [-0.39, 0.29) is 0 Å². The molecule has 6 aromatic carbocycles. The molecule has 0 amide bonds. The quantitative estimate of drug-likeness (QED) is 0.204. The molecular formula is C36H23N5S2. The van der Waals surface area contributed by atoms with E-state index < -0.39 is 0 Å². The van der Waals surface area contributed by atoms with E-state index in [0.717, 1.165) is 50.8 Å². The first-order valence-electron chi connectivity index (χ1n) is 14.1. The van der Waals surface area contributed by atoms with Crippen LogP contribution in [0.4, 0.5) is 34.1 Å². The Bertz CT molecular complexity index is 1950. The van der Waals surface area contributed by atoms with E-state index in [4.69, 9.17) is 10.2 Å². The summed E-state index contributed by atoms with van der Waals surface area (Å²) in [6.07, 6.45) is 0. The second-order valence-corrected chi connectivity index (χ2v) is 12.5. The molecule has 9 rings (SSSR count). The van der Waals surface area contributed by atoms with Gasteiger partial charge in [-0.05, 0) is 72.8 Å². The summed E-state index contributed by atoms with van der Waals surface area (Å²) in [6, 6.07) is 48.9. The second-order valence-electron chi connectivity index (χ2n) is 10.4. The largest absolute Gasteiger partial charge is 0.306 e. The molecular weight excluding hydrogens is 567 g/mol. The van der Waals surface area contributed by atoms with Gasteiger partial charge in [-0.2, -0.15) is 4.80 Å². The van der Waals surface area contributed by atoms with Crippen molar-refractivity contribution in [1.29, 1.82) is 0 Å². The first-order chi connectivity index (χ1) is 21.3. The molecule has 0 radical (unpaired) electrons. The molecule has 0 bridgehead atoms. The highest BCUT2D eigenvalue weighted by atomic mass is 32.2. The summed E-state index contributed by atoms with van der Waals surface area (Å²) in [6.45, 7) is 0. The van der Waals surface area contributed by atoms with Crippen LogP contribution in [0.3, 0.4) is 0 Å². The first-order valence-corrected chi connectivity index (χ1v) is 15.7. The van der Waals surface area contributed by atoms with Crippen LogP contribution in [-0.4, -0.2) is 15.0 Å². The molecule has 7 heteroatoms. The van der Waals surface area contributed by atoms with Gasteiger partial charge in [0.05, 0.1) is 39.8 Å². The smallest absolute Gasteiger partial charge is 0.139 e. The van der Waals surface area contributed by atoms with Crippen LogP contribution in [-0.2, 0) is 0 Å². The van der Waals surface area contributed by atoms with Crippen molar-refractivity contribution in [2.75, 3.05) is 9.80 Å². The number of rotatable bonds is 3. The van der Waals surface area contributed by atoms with Crippen molar-refractivity contribution in [1.82, 2.24) is 15.0 Å². The average molecular weight is 590 g/mol. The number of hydrogen-bond donors (Lipinski definition) is 0. The third-order valence-electron chi connectivity index (χ3n) is 7.83. The maximum Gasteiger partial charge on any atom is 0.139 e. The monoisotopic (exact) mass is 589 g/mol. The molecule has 0 N–H and O–H groups in total. The van der Waals surface area contributed by atoms with Crippen molar-refractivity contribution in [2.45, 2.75) is 19.6 Å². The fourth-order valence-corrected chi connectivity index (χ4v) is 8.05. The summed E-state index contributed by atoms with van der Waals surface area (Å²) < 4.78 is 0. The summed E-state index contributed by atoms with van der Waals surface area (Å²) in [4.78, 5) is 11.3. The minimum Gasteiger partial charge on any atom is -0.306 e. The van der Waals surface area contributed by atoms with E-state index in [2.05, 4.69) is 119 Å². The predicted octanol–water partition coefficient (Wildman–Crippen LogP) is 10.3. The maximum absolute atomic E-state index is 5.20. The fraction of sp³-hybridized carbons (Fsp3) is 0. The predicted molar refractivity (Wildman–Crippen MR) is 176 cm³/mol. The minimum atomic E-state index is 0.839. The molecule has 0 unspecified atom stereocenters. The highest BCUT2D eigenvalue weighted by Crippen LogP contribution is 2.55. The molecule has 0 aliphatic carbocycles. The van der Waals surface area contributed by atoms with Crippen LogP contribution in [0.2, 0.25) is 0 Å². The average Bonchev–Trinajstić information content (AvgIpc) is 3.52. The van der Waals surface area contributed by atoms with Gasteiger partial charge >= 0.3 is 0 Å². The van der Waals surface area contributed by atoms with Gasteiger partial charge in [-0.25, -0.2) is 0 Å². The lowest BCUT2D eigenvalue weighted by atomic mass is 10.1. The molecule has 43 heavy (non-hydrogen) atoms. The van der Waals surface area contributed by atoms with Crippen LogP contribution in [0.5, 0.6) is 0 Å². The maximum atomic E-state index is 5.20. The van der Waals surface area contributed by atoms with Crippen LogP contribution in [0.25, 0.3) is 16.7 Å². The molecule has 1 aromatic heterocycles. The molecule has 3 heterocycles. The van der Waals surface area contributed by atoms with Crippen LogP contribution in [0, 0.1) is 0 Å². The first kappa shape index (κ1) is 24.6. The lowest BCUT2D eigenvalue weighted by molar-refractivity contribution is 0.765. The number of fused-ring (bicyclic) bond motifs is 5. The Labute approximate surface area is 257 Å². The number of benzene rings is 6. The zero-order valence-corrected chi connectivity index (χ0v) is 24.5. The summed E-state index contributed by atoms with van der Waals surface area (Å²) in [5, 5.41) is 10.4. The van der Waals surface area contributed by atoms with Crippen molar-refractivity contribution in [2.24, 2.45) is 0 Å². The summed E-state index contributed by atoms with van der Waals surface area (Å²) in [5.74, 6) is 0. The van der Waals surface area contributed by atoms with E-state index >= 15 is 0 Å². The Morgan fingerprint density at radius 2 is 0.698 bits per heavy atom.